The quantitative estimate of drug-likeness (QED) is 0.251. The highest BCUT2D eigenvalue weighted by molar-refractivity contribution is 5.98. The summed E-state index contributed by atoms with van der Waals surface area (Å²) < 4.78 is 11.9. The van der Waals surface area contributed by atoms with E-state index in [1.165, 1.54) is 0 Å². The van der Waals surface area contributed by atoms with Crippen LogP contribution in [-0.4, -0.2) is 11.9 Å². The normalized spacial score (nSPS) is 13.1. The third kappa shape index (κ3) is 6.57. The first-order chi connectivity index (χ1) is 15.4. The number of rotatable bonds is 12. The van der Waals surface area contributed by atoms with Crippen molar-refractivity contribution in [2.24, 2.45) is 11.8 Å². The largest absolute Gasteiger partial charge is 0.426 e. The molecule has 0 heterocycles. The van der Waals surface area contributed by atoms with Gasteiger partial charge >= 0.3 is 11.9 Å². The van der Waals surface area contributed by atoms with Crippen molar-refractivity contribution < 1.29 is 19.1 Å². The molecule has 4 heteroatoms. The molecular weight excluding hydrogens is 400 g/mol. The lowest BCUT2D eigenvalue weighted by molar-refractivity contribution is -0.140. The molecule has 0 saturated heterocycles. The average Bonchev–Trinajstić information content (AvgIpc) is 2.77. The van der Waals surface area contributed by atoms with Crippen LogP contribution in [0.25, 0.3) is 10.8 Å². The Labute approximate surface area is 193 Å². The summed E-state index contributed by atoms with van der Waals surface area (Å²) in [5.41, 5.74) is 1.85. The van der Waals surface area contributed by atoms with E-state index >= 15 is 0 Å². The van der Waals surface area contributed by atoms with Gasteiger partial charge in [-0.05, 0) is 57.2 Å². The second-order valence-electron chi connectivity index (χ2n) is 8.91. The number of aryl methyl sites for hydroxylation is 2. The molecule has 4 nitrogen and oxygen atoms in total. The van der Waals surface area contributed by atoms with Gasteiger partial charge in [0.25, 0.3) is 0 Å². The molecule has 0 aromatic heterocycles. The summed E-state index contributed by atoms with van der Waals surface area (Å²) >= 11 is 0. The first kappa shape index (κ1) is 25.9. The summed E-state index contributed by atoms with van der Waals surface area (Å²) in [7, 11) is 0. The molecular formula is C28H40O4. The number of esters is 2. The molecule has 0 spiro atoms. The van der Waals surface area contributed by atoms with Gasteiger partial charge in [-0.15, -0.1) is 0 Å². The highest BCUT2D eigenvalue weighted by Gasteiger charge is 2.23. The van der Waals surface area contributed by atoms with Crippen molar-refractivity contribution in [3.63, 3.8) is 0 Å². The minimum atomic E-state index is -0.182. The number of benzene rings is 2. The Morgan fingerprint density at radius 2 is 1.34 bits per heavy atom. The Balaban J connectivity index is 2.40. The Morgan fingerprint density at radius 3 is 1.88 bits per heavy atom. The first-order valence-electron chi connectivity index (χ1n) is 12.3. The Hall–Kier alpha value is -2.36. The van der Waals surface area contributed by atoms with E-state index in [-0.39, 0.29) is 23.8 Å². The molecule has 0 fully saturated rings. The Kier molecular flexibility index (Phi) is 10.2. The zero-order valence-electron chi connectivity index (χ0n) is 20.8. The fourth-order valence-electron chi connectivity index (χ4n) is 4.09. The molecule has 176 valence electrons. The lowest BCUT2D eigenvalue weighted by Gasteiger charge is -2.19. The zero-order chi connectivity index (χ0) is 23.7. The molecule has 0 amide bonds. The SMILES string of the molecule is CCCCC(CC)C(=O)Oc1cc(C)c(OC(=O)C(CC)CCCC)c2ccc(C)cc12. The molecule has 2 unspecified atom stereocenters. The minimum absolute atomic E-state index is 0.100. The molecule has 0 N–H and O–H groups in total. The highest BCUT2D eigenvalue weighted by Crippen LogP contribution is 2.38. The monoisotopic (exact) mass is 440 g/mol. The molecule has 32 heavy (non-hydrogen) atoms. The van der Waals surface area contributed by atoms with Gasteiger partial charge in [-0.25, -0.2) is 0 Å². The van der Waals surface area contributed by atoms with Crippen molar-refractivity contribution in [1.29, 1.82) is 0 Å². The topological polar surface area (TPSA) is 52.6 Å². The van der Waals surface area contributed by atoms with Crippen LogP contribution in [0.4, 0.5) is 0 Å². The van der Waals surface area contributed by atoms with Gasteiger partial charge in [-0.1, -0.05) is 71.1 Å². The fraction of sp³-hybridized carbons (Fsp3) is 0.571. The average molecular weight is 441 g/mol. The van der Waals surface area contributed by atoms with E-state index in [0.717, 1.165) is 73.3 Å². The van der Waals surface area contributed by atoms with Gasteiger partial charge in [0, 0.05) is 10.8 Å². The summed E-state index contributed by atoms with van der Waals surface area (Å²) in [5.74, 6) is 0.546. The molecule has 0 saturated carbocycles. The third-order valence-corrected chi connectivity index (χ3v) is 6.27. The second kappa shape index (κ2) is 12.6. The Morgan fingerprint density at radius 1 is 0.781 bits per heavy atom. The molecule has 0 aliphatic heterocycles. The van der Waals surface area contributed by atoms with E-state index in [9.17, 15) is 9.59 Å². The first-order valence-corrected chi connectivity index (χ1v) is 12.3. The number of unbranched alkanes of at least 4 members (excludes halogenated alkanes) is 2. The number of hydrogen-bond acceptors (Lipinski definition) is 4. The number of carbonyl (C=O) groups is 2. The van der Waals surface area contributed by atoms with Crippen LogP contribution in [-0.2, 0) is 9.59 Å². The van der Waals surface area contributed by atoms with E-state index in [0.29, 0.717) is 11.5 Å². The van der Waals surface area contributed by atoms with Crippen LogP contribution in [0.2, 0.25) is 0 Å². The molecule has 2 aromatic rings. The molecule has 0 radical (unpaired) electrons. The van der Waals surface area contributed by atoms with E-state index in [1.54, 1.807) is 0 Å². The van der Waals surface area contributed by atoms with Crippen molar-refractivity contribution in [2.75, 3.05) is 0 Å². The van der Waals surface area contributed by atoms with Crippen molar-refractivity contribution in [3.05, 3.63) is 35.4 Å². The third-order valence-electron chi connectivity index (χ3n) is 6.27. The van der Waals surface area contributed by atoms with Crippen molar-refractivity contribution in [3.8, 4) is 11.5 Å². The highest BCUT2D eigenvalue weighted by atomic mass is 16.5. The number of ether oxygens (including phenoxy) is 2. The van der Waals surface area contributed by atoms with Crippen LogP contribution in [0, 0.1) is 25.7 Å². The van der Waals surface area contributed by atoms with E-state index in [1.807, 2.05) is 52.0 Å². The van der Waals surface area contributed by atoms with Gasteiger partial charge in [-0.3, -0.25) is 9.59 Å². The van der Waals surface area contributed by atoms with Crippen LogP contribution in [0.5, 0.6) is 11.5 Å². The summed E-state index contributed by atoms with van der Waals surface area (Å²) in [5, 5.41) is 1.61. The number of fused-ring (bicyclic) bond motifs is 1. The standard InChI is InChI=1S/C28H40O4/c1-7-11-13-21(9-3)27(29)31-25-18-20(6)26(23-16-15-19(5)17-24(23)25)32-28(30)22(10-4)14-12-8-2/h15-18,21-22H,7-14H2,1-6H3. The minimum Gasteiger partial charge on any atom is -0.426 e. The van der Waals surface area contributed by atoms with E-state index in [4.69, 9.17) is 9.47 Å². The molecule has 0 bridgehead atoms. The molecule has 2 atom stereocenters. The van der Waals surface area contributed by atoms with Crippen LogP contribution in [0.1, 0.15) is 90.2 Å². The van der Waals surface area contributed by atoms with Gasteiger partial charge in [0.05, 0.1) is 11.8 Å². The van der Waals surface area contributed by atoms with E-state index < -0.39 is 0 Å². The van der Waals surface area contributed by atoms with Crippen LogP contribution in [0.3, 0.4) is 0 Å². The Bertz CT molecular complexity index is 915. The van der Waals surface area contributed by atoms with Crippen molar-refractivity contribution in [2.45, 2.75) is 92.9 Å². The second-order valence-corrected chi connectivity index (χ2v) is 8.91. The van der Waals surface area contributed by atoms with Gasteiger partial charge in [0.1, 0.15) is 11.5 Å². The lowest BCUT2D eigenvalue weighted by atomic mass is 9.98. The number of hydrogen-bond donors (Lipinski definition) is 0. The number of carbonyl (C=O) groups excluding carboxylic acids is 2. The maximum atomic E-state index is 12.9. The van der Waals surface area contributed by atoms with E-state index in [2.05, 4.69) is 13.8 Å². The maximum absolute atomic E-state index is 12.9. The molecule has 0 aliphatic rings. The van der Waals surface area contributed by atoms with Crippen molar-refractivity contribution in [1.82, 2.24) is 0 Å². The summed E-state index contributed by atoms with van der Waals surface area (Å²) in [4.78, 5) is 25.8. The smallest absolute Gasteiger partial charge is 0.314 e. The molecule has 2 rings (SSSR count). The molecule has 2 aromatic carbocycles. The summed E-state index contributed by atoms with van der Waals surface area (Å²) in [6.07, 6.45) is 7.35. The fourth-order valence-corrected chi connectivity index (χ4v) is 4.09. The predicted molar refractivity (Wildman–Crippen MR) is 131 cm³/mol. The lowest BCUT2D eigenvalue weighted by Crippen LogP contribution is -2.21. The van der Waals surface area contributed by atoms with Crippen LogP contribution in [0.15, 0.2) is 24.3 Å². The zero-order valence-corrected chi connectivity index (χ0v) is 20.8. The molecule has 0 aliphatic carbocycles. The van der Waals surface area contributed by atoms with Gasteiger partial charge in [0.15, 0.2) is 0 Å². The van der Waals surface area contributed by atoms with Gasteiger partial charge < -0.3 is 9.47 Å². The van der Waals surface area contributed by atoms with Crippen molar-refractivity contribution >= 4 is 22.7 Å². The predicted octanol–water partition coefficient (Wildman–Crippen LogP) is 7.70. The van der Waals surface area contributed by atoms with Crippen LogP contribution < -0.4 is 9.47 Å². The summed E-state index contributed by atoms with van der Waals surface area (Å²) in [6.45, 7) is 12.2. The van der Waals surface area contributed by atoms with Gasteiger partial charge in [-0.2, -0.15) is 0 Å². The van der Waals surface area contributed by atoms with Gasteiger partial charge in [0.2, 0.25) is 0 Å². The maximum Gasteiger partial charge on any atom is 0.314 e. The summed E-state index contributed by atoms with van der Waals surface area (Å²) in [6, 6.07) is 7.78. The van der Waals surface area contributed by atoms with Crippen LogP contribution >= 0.6 is 0 Å².